The van der Waals surface area contributed by atoms with Gasteiger partial charge in [0.2, 0.25) is 0 Å². The lowest BCUT2D eigenvalue weighted by molar-refractivity contribution is 0.0946. The van der Waals surface area contributed by atoms with Crippen molar-refractivity contribution in [3.63, 3.8) is 0 Å². The molecule has 26 heavy (non-hydrogen) atoms. The van der Waals surface area contributed by atoms with Gasteiger partial charge < -0.3 is 11.1 Å². The van der Waals surface area contributed by atoms with Crippen molar-refractivity contribution in [1.82, 2.24) is 20.3 Å². The largest absolute Gasteiger partial charge is 0.382 e. The number of nitrogens with two attached hydrogens (primary N) is 1. The van der Waals surface area contributed by atoms with Crippen LogP contribution in [0.3, 0.4) is 0 Å². The Bertz CT molecular complexity index is 928. The van der Waals surface area contributed by atoms with E-state index in [1.807, 2.05) is 45.0 Å². The number of anilines is 1. The van der Waals surface area contributed by atoms with Gasteiger partial charge in [-0.05, 0) is 37.5 Å². The maximum atomic E-state index is 12.4. The molecule has 6 nitrogen and oxygen atoms in total. The van der Waals surface area contributed by atoms with Crippen molar-refractivity contribution in [2.75, 3.05) is 5.73 Å². The number of nitrogens with zero attached hydrogens (tertiary/aromatic N) is 3. The molecule has 0 spiro atoms. The molecule has 0 fully saturated rings. The van der Waals surface area contributed by atoms with Gasteiger partial charge in [0.25, 0.3) is 5.91 Å². The number of aryl methyl sites for hydroxylation is 3. The van der Waals surface area contributed by atoms with Crippen molar-refractivity contribution >= 4 is 11.7 Å². The molecule has 0 aliphatic heterocycles. The van der Waals surface area contributed by atoms with E-state index in [1.165, 1.54) is 11.1 Å². The molecule has 0 saturated carbocycles. The van der Waals surface area contributed by atoms with Crippen LogP contribution < -0.4 is 11.1 Å². The molecule has 3 rings (SSSR count). The first-order valence-corrected chi connectivity index (χ1v) is 8.53. The molecular weight excluding hydrogens is 326 g/mol. The fourth-order valence-corrected chi connectivity index (χ4v) is 2.70. The Morgan fingerprint density at radius 3 is 2.50 bits per heavy atom. The third kappa shape index (κ3) is 3.91. The number of hydrogen-bond donors (Lipinski definition) is 2. The summed E-state index contributed by atoms with van der Waals surface area (Å²) in [7, 11) is 0. The summed E-state index contributed by atoms with van der Waals surface area (Å²) < 4.78 is 1.56. The van der Waals surface area contributed by atoms with Crippen LogP contribution in [0.1, 0.15) is 38.3 Å². The van der Waals surface area contributed by atoms with Crippen molar-refractivity contribution in [2.24, 2.45) is 0 Å². The van der Waals surface area contributed by atoms with E-state index in [4.69, 9.17) is 5.73 Å². The number of carbonyl (C=O) groups excluding carboxylic acids is 1. The summed E-state index contributed by atoms with van der Waals surface area (Å²) in [6.07, 6.45) is 0. The molecule has 0 unspecified atom stereocenters. The summed E-state index contributed by atoms with van der Waals surface area (Å²) in [6, 6.07) is 14.2. The zero-order valence-corrected chi connectivity index (χ0v) is 15.3. The normalized spacial score (nSPS) is 10.7. The summed E-state index contributed by atoms with van der Waals surface area (Å²) in [5.74, 6) is -0.0531. The molecular formula is C20H23N5O. The number of amides is 1. The van der Waals surface area contributed by atoms with E-state index in [9.17, 15) is 4.79 Å². The van der Waals surface area contributed by atoms with Gasteiger partial charge in [-0.15, -0.1) is 5.10 Å². The van der Waals surface area contributed by atoms with Gasteiger partial charge in [0, 0.05) is 6.54 Å². The number of nitrogen functional groups attached to an aromatic ring is 1. The smallest absolute Gasteiger partial charge is 0.275 e. The summed E-state index contributed by atoms with van der Waals surface area (Å²) >= 11 is 0. The fraction of sp³-hybridized carbons (Fsp3) is 0.250. The molecule has 6 heteroatoms. The molecule has 0 bridgehead atoms. The molecule has 134 valence electrons. The highest BCUT2D eigenvalue weighted by molar-refractivity contribution is 5.96. The van der Waals surface area contributed by atoms with Gasteiger partial charge in [0.1, 0.15) is 0 Å². The summed E-state index contributed by atoms with van der Waals surface area (Å²) in [5.41, 5.74) is 11.9. The molecule has 3 aromatic rings. The minimum Gasteiger partial charge on any atom is -0.382 e. The predicted molar refractivity (Wildman–Crippen MR) is 102 cm³/mol. The van der Waals surface area contributed by atoms with Crippen molar-refractivity contribution in [2.45, 2.75) is 33.9 Å². The van der Waals surface area contributed by atoms with E-state index in [-0.39, 0.29) is 17.4 Å². The SMILES string of the molecule is Cc1ccc(CNC(=O)c2nnn(Cc3cc(C)ccc3C)c2N)cc1. The van der Waals surface area contributed by atoms with Crippen molar-refractivity contribution in [3.8, 4) is 0 Å². The Hall–Kier alpha value is -3.15. The number of carbonyl (C=O) groups is 1. The lowest BCUT2D eigenvalue weighted by atomic mass is 10.1. The molecule has 0 atom stereocenters. The Balaban J connectivity index is 1.70. The molecule has 0 aliphatic carbocycles. The van der Waals surface area contributed by atoms with E-state index in [1.54, 1.807) is 4.68 Å². The Kier molecular flexibility index (Phi) is 5.02. The van der Waals surface area contributed by atoms with Crippen LogP contribution in [0.2, 0.25) is 0 Å². The maximum Gasteiger partial charge on any atom is 0.275 e. The Morgan fingerprint density at radius 2 is 1.77 bits per heavy atom. The van der Waals surface area contributed by atoms with Crippen LogP contribution in [-0.2, 0) is 13.1 Å². The van der Waals surface area contributed by atoms with Crippen LogP contribution in [0.25, 0.3) is 0 Å². The topological polar surface area (TPSA) is 85.8 Å². The minimum absolute atomic E-state index is 0.155. The van der Waals surface area contributed by atoms with Gasteiger partial charge in [-0.25, -0.2) is 4.68 Å². The van der Waals surface area contributed by atoms with E-state index in [2.05, 4.69) is 33.8 Å². The van der Waals surface area contributed by atoms with Crippen LogP contribution in [0.4, 0.5) is 5.82 Å². The standard InChI is InChI=1S/C20H23N5O/c1-13-5-8-16(9-6-13)11-22-20(26)18-19(21)25(24-23-18)12-17-10-14(2)4-7-15(17)3/h4-10H,11-12,21H2,1-3H3,(H,22,26). The lowest BCUT2D eigenvalue weighted by Crippen LogP contribution is -2.24. The van der Waals surface area contributed by atoms with Crippen LogP contribution >= 0.6 is 0 Å². The van der Waals surface area contributed by atoms with Gasteiger partial charge >= 0.3 is 0 Å². The Morgan fingerprint density at radius 1 is 1.08 bits per heavy atom. The molecule has 3 N–H and O–H groups in total. The number of hydrogen-bond acceptors (Lipinski definition) is 4. The van der Waals surface area contributed by atoms with E-state index >= 15 is 0 Å². The van der Waals surface area contributed by atoms with E-state index in [0.717, 1.165) is 16.7 Å². The average molecular weight is 349 g/mol. The number of benzene rings is 2. The van der Waals surface area contributed by atoms with Crippen LogP contribution in [0, 0.1) is 20.8 Å². The van der Waals surface area contributed by atoms with Gasteiger partial charge in [0.15, 0.2) is 11.5 Å². The molecule has 1 amide bonds. The van der Waals surface area contributed by atoms with E-state index in [0.29, 0.717) is 13.1 Å². The number of aromatic nitrogens is 3. The van der Waals surface area contributed by atoms with Crippen molar-refractivity contribution in [3.05, 3.63) is 76.0 Å². The fourth-order valence-electron chi connectivity index (χ4n) is 2.70. The first-order chi connectivity index (χ1) is 12.4. The third-order valence-corrected chi connectivity index (χ3v) is 4.39. The van der Waals surface area contributed by atoms with Gasteiger partial charge in [-0.3, -0.25) is 4.79 Å². The molecule has 0 aliphatic rings. The van der Waals surface area contributed by atoms with Crippen LogP contribution in [0.15, 0.2) is 42.5 Å². The van der Waals surface area contributed by atoms with Crippen molar-refractivity contribution < 1.29 is 4.79 Å². The zero-order valence-electron chi connectivity index (χ0n) is 15.3. The molecule has 0 radical (unpaired) electrons. The second-order valence-electron chi connectivity index (χ2n) is 6.58. The predicted octanol–water partition coefficient (Wildman–Crippen LogP) is 2.76. The second-order valence-corrected chi connectivity index (χ2v) is 6.58. The summed E-state index contributed by atoms with van der Waals surface area (Å²) in [6.45, 7) is 7.01. The average Bonchev–Trinajstić information content (AvgIpc) is 2.98. The zero-order chi connectivity index (χ0) is 18.7. The minimum atomic E-state index is -0.324. The number of rotatable bonds is 5. The third-order valence-electron chi connectivity index (χ3n) is 4.39. The molecule has 2 aromatic carbocycles. The monoisotopic (exact) mass is 349 g/mol. The molecule has 1 heterocycles. The van der Waals surface area contributed by atoms with Gasteiger partial charge in [0.05, 0.1) is 6.54 Å². The Labute approximate surface area is 153 Å². The van der Waals surface area contributed by atoms with E-state index < -0.39 is 0 Å². The highest BCUT2D eigenvalue weighted by Gasteiger charge is 2.17. The highest BCUT2D eigenvalue weighted by Crippen LogP contribution is 2.15. The first kappa shape index (κ1) is 17.7. The maximum absolute atomic E-state index is 12.4. The quantitative estimate of drug-likeness (QED) is 0.742. The summed E-state index contributed by atoms with van der Waals surface area (Å²) in [4.78, 5) is 12.4. The van der Waals surface area contributed by atoms with Crippen LogP contribution in [-0.4, -0.2) is 20.9 Å². The van der Waals surface area contributed by atoms with Crippen molar-refractivity contribution in [1.29, 1.82) is 0 Å². The molecule has 0 saturated heterocycles. The van der Waals surface area contributed by atoms with Gasteiger partial charge in [-0.1, -0.05) is 58.8 Å². The number of nitrogens with one attached hydrogen (secondary N) is 1. The second kappa shape index (κ2) is 7.39. The highest BCUT2D eigenvalue weighted by atomic mass is 16.2. The van der Waals surface area contributed by atoms with Gasteiger partial charge in [-0.2, -0.15) is 0 Å². The lowest BCUT2D eigenvalue weighted by Gasteiger charge is -2.08. The van der Waals surface area contributed by atoms with Crippen LogP contribution in [0.5, 0.6) is 0 Å². The molecule has 1 aromatic heterocycles. The summed E-state index contributed by atoms with van der Waals surface area (Å²) in [5, 5.41) is 10.9. The first-order valence-electron chi connectivity index (χ1n) is 8.53.